The monoisotopic (exact) mass is 330 g/mol. The van der Waals surface area contributed by atoms with Gasteiger partial charge in [-0.15, -0.1) is 0 Å². The zero-order valence-corrected chi connectivity index (χ0v) is 13.9. The molecule has 0 aromatic heterocycles. The molecule has 3 N–H and O–H groups in total. The van der Waals surface area contributed by atoms with Crippen LogP contribution in [0.15, 0.2) is 48.5 Å². The Hall–Kier alpha value is -2.33. The van der Waals surface area contributed by atoms with Crippen LogP contribution in [0.1, 0.15) is 29.8 Å². The SMILES string of the molecule is CC(C)(Cc1ccccc1)C(=O)Nc1ccc(C(N)=O)c(Cl)c1. The van der Waals surface area contributed by atoms with Gasteiger partial charge in [0, 0.05) is 11.1 Å². The van der Waals surface area contributed by atoms with E-state index in [0.717, 1.165) is 5.56 Å². The van der Waals surface area contributed by atoms with E-state index in [-0.39, 0.29) is 16.5 Å². The molecule has 0 spiro atoms. The summed E-state index contributed by atoms with van der Waals surface area (Å²) in [7, 11) is 0. The van der Waals surface area contributed by atoms with E-state index in [1.54, 1.807) is 6.07 Å². The first kappa shape index (κ1) is 17.0. The zero-order valence-electron chi connectivity index (χ0n) is 13.1. The summed E-state index contributed by atoms with van der Waals surface area (Å²) >= 11 is 6.00. The maximum absolute atomic E-state index is 12.5. The number of nitrogens with one attached hydrogen (secondary N) is 1. The van der Waals surface area contributed by atoms with E-state index in [1.807, 2.05) is 44.2 Å². The number of rotatable bonds is 5. The molecular weight excluding hydrogens is 312 g/mol. The van der Waals surface area contributed by atoms with Crippen LogP contribution >= 0.6 is 11.6 Å². The van der Waals surface area contributed by atoms with Gasteiger partial charge >= 0.3 is 0 Å². The van der Waals surface area contributed by atoms with Crippen molar-refractivity contribution < 1.29 is 9.59 Å². The fourth-order valence-electron chi connectivity index (χ4n) is 2.28. The topological polar surface area (TPSA) is 72.2 Å². The summed E-state index contributed by atoms with van der Waals surface area (Å²) in [6.45, 7) is 3.77. The van der Waals surface area contributed by atoms with E-state index in [4.69, 9.17) is 17.3 Å². The molecule has 4 nitrogen and oxygen atoms in total. The third-order valence-electron chi connectivity index (χ3n) is 3.60. The van der Waals surface area contributed by atoms with Gasteiger partial charge in [0.1, 0.15) is 0 Å². The van der Waals surface area contributed by atoms with Gasteiger partial charge in [0.05, 0.1) is 10.6 Å². The fourth-order valence-corrected chi connectivity index (χ4v) is 2.55. The van der Waals surface area contributed by atoms with Gasteiger partial charge in [-0.2, -0.15) is 0 Å². The lowest BCUT2D eigenvalue weighted by Gasteiger charge is -2.24. The predicted octanol–water partition coefficient (Wildman–Crippen LogP) is 3.65. The Balaban J connectivity index is 2.11. The van der Waals surface area contributed by atoms with Gasteiger partial charge in [-0.05, 0) is 30.2 Å². The summed E-state index contributed by atoms with van der Waals surface area (Å²) in [5.41, 5.74) is 6.48. The van der Waals surface area contributed by atoms with Crippen LogP contribution in [0.25, 0.3) is 0 Å². The quantitative estimate of drug-likeness (QED) is 0.878. The molecule has 2 aromatic carbocycles. The molecule has 0 atom stereocenters. The largest absolute Gasteiger partial charge is 0.366 e. The maximum Gasteiger partial charge on any atom is 0.250 e. The van der Waals surface area contributed by atoms with Crippen molar-refractivity contribution in [3.63, 3.8) is 0 Å². The molecule has 0 unspecified atom stereocenters. The Morgan fingerprint density at radius 3 is 2.35 bits per heavy atom. The minimum absolute atomic E-state index is 0.121. The van der Waals surface area contributed by atoms with E-state index in [2.05, 4.69) is 5.32 Å². The molecule has 0 heterocycles. The number of nitrogens with two attached hydrogens (primary N) is 1. The van der Waals surface area contributed by atoms with Crippen molar-refractivity contribution in [2.45, 2.75) is 20.3 Å². The van der Waals surface area contributed by atoms with Crippen molar-refractivity contribution in [2.75, 3.05) is 5.32 Å². The lowest BCUT2D eigenvalue weighted by atomic mass is 9.84. The maximum atomic E-state index is 12.5. The Morgan fingerprint density at radius 2 is 1.78 bits per heavy atom. The number of carbonyl (C=O) groups excluding carboxylic acids is 2. The second kappa shape index (κ2) is 6.84. The van der Waals surface area contributed by atoms with Crippen molar-refractivity contribution in [1.82, 2.24) is 0 Å². The van der Waals surface area contributed by atoms with Gasteiger partial charge in [-0.1, -0.05) is 55.8 Å². The molecule has 0 aliphatic carbocycles. The summed E-state index contributed by atoms with van der Waals surface area (Å²) < 4.78 is 0. The molecule has 0 aliphatic heterocycles. The second-order valence-electron chi connectivity index (χ2n) is 6.06. The van der Waals surface area contributed by atoms with Crippen LogP contribution in [0, 0.1) is 5.41 Å². The highest BCUT2D eigenvalue weighted by Gasteiger charge is 2.28. The molecule has 5 heteroatoms. The third kappa shape index (κ3) is 4.33. The molecule has 23 heavy (non-hydrogen) atoms. The van der Waals surface area contributed by atoms with Crippen molar-refractivity contribution in [3.8, 4) is 0 Å². The summed E-state index contributed by atoms with van der Waals surface area (Å²) in [6, 6.07) is 14.5. The summed E-state index contributed by atoms with van der Waals surface area (Å²) in [5, 5.41) is 3.05. The first-order valence-electron chi connectivity index (χ1n) is 7.24. The van der Waals surface area contributed by atoms with Gasteiger partial charge in [-0.3, -0.25) is 9.59 Å². The zero-order chi connectivity index (χ0) is 17.0. The number of halogens is 1. The van der Waals surface area contributed by atoms with Crippen molar-refractivity contribution in [1.29, 1.82) is 0 Å². The van der Waals surface area contributed by atoms with Gasteiger partial charge in [0.25, 0.3) is 0 Å². The molecule has 2 rings (SSSR count). The minimum Gasteiger partial charge on any atom is -0.366 e. The molecule has 0 bridgehead atoms. The molecule has 2 aromatic rings. The van der Waals surface area contributed by atoms with Crippen LogP contribution in [-0.4, -0.2) is 11.8 Å². The van der Waals surface area contributed by atoms with Crippen LogP contribution in [0.4, 0.5) is 5.69 Å². The molecule has 0 aliphatic rings. The molecule has 0 saturated heterocycles. The normalized spacial score (nSPS) is 11.1. The molecule has 120 valence electrons. The first-order chi connectivity index (χ1) is 10.8. The van der Waals surface area contributed by atoms with E-state index in [0.29, 0.717) is 12.1 Å². The lowest BCUT2D eigenvalue weighted by Crippen LogP contribution is -2.32. The third-order valence-corrected chi connectivity index (χ3v) is 3.91. The van der Waals surface area contributed by atoms with Crippen LogP contribution in [0.3, 0.4) is 0 Å². The van der Waals surface area contributed by atoms with Crippen molar-refractivity contribution >= 4 is 29.1 Å². The Bertz CT molecular complexity index is 727. The second-order valence-corrected chi connectivity index (χ2v) is 6.47. The number of amides is 2. The number of carbonyl (C=O) groups is 2. The highest BCUT2D eigenvalue weighted by molar-refractivity contribution is 6.34. The minimum atomic E-state index is -0.600. The summed E-state index contributed by atoms with van der Waals surface area (Å²) in [6.07, 6.45) is 0.618. The van der Waals surface area contributed by atoms with E-state index < -0.39 is 11.3 Å². The Kier molecular flexibility index (Phi) is 5.06. The van der Waals surface area contributed by atoms with E-state index >= 15 is 0 Å². The first-order valence-corrected chi connectivity index (χ1v) is 7.62. The Labute approximate surface area is 140 Å². The predicted molar refractivity (Wildman–Crippen MR) is 92.5 cm³/mol. The standard InChI is InChI=1S/C18H19ClN2O2/c1-18(2,11-12-6-4-3-5-7-12)17(23)21-13-8-9-14(16(20)22)15(19)10-13/h3-10H,11H2,1-2H3,(H2,20,22)(H,21,23). The molecule has 2 amide bonds. The van der Waals surface area contributed by atoms with Gasteiger partial charge in [-0.25, -0.2) is 0 Å². The summed E-state index contributed by atoms with van der Waals surface area (Å²) in [5.74, 6) is -0.721. The molecule has 0 radical (unpaired) electrons. The average molecular weight is 331 g/mol. The van der Waals surface area contributed by atoms with E-state index in [9.17, 15) is 9.59 Å². The average Bonchev–Trinajstić information content (AvgIpc) is 2.47. The number of anilines is 1. The number of hydrogen-bond donors (Lipinski definition) is 2. The Morgan fingerprint density at radius 1 is 1.13 bits per heavy atom. The van der Waals surface area contributed by atoms with Crippen molar-refractivity contribution in [3.05, 3.63) is 64.7 Å². The lowest BCUT2D eigenvalue weighted by molar-refractivity contribution is -0.123. The van der Waals surface area contributed by atoms with Crippen LogP contribution in [0.5, 0.6) is 0 Å². The van der Waals surface area contributed by atoms with Gasteiger partial charge < -0.3 is 11.1 Å². The molecule has 0 saturated carbocycles. The number of primary amides is 1. The van der Waals surface area contributed by atoms with Crippen LogP contribution in [0.2, 0.25) is 5.02 Å². The smallest absolute Gasteiger partial charge is 0.250 e. The highest BCUT2D eigenvalue weighted by Crippen LogP contribution is 2.26. The fraction of sp³-hybridized carbons (Fsp3) is 0.222. The molecular formula is C18H19ClN2O2. The van der Waals surface area contributed by atoms with Crippen molar-refractivity contribution in [2.24, 2.45) is 11.1 Å². The summed E-state index contributed by atoms with van der Waals surface area (Å²) in [4.78, 5) is 23.7. The van der Waals surface area contributed by atoms with E-state index in [1.165, 1.54) is 12.1 Å². The highest BCUT2D eigenvalue weighted by atomic mass is 35.5. The number of hydrogen-bond acceptors (Lipinski definition) is 2. The molecule has 0 fully saturated rings. The van der Waals surface area contributed by atoms with Crippen LogP contribution < -0.4 is 11.1 Å². The van der Waals surface area contributed by atoms with Crippen LogP contribution in [-0.2, 0) is 11.2 Å². The van der Waals surface area contributed by atoms with Gasteiger partial charge in [0.15, 0.2) is 0 Å². The number of benzene rings is 2. The van der Waals surface area contributed by atoms with Gasteiger partial charge in [0.2, 0.25) is 11.8 Å².